The number of nitrogens with two attached hydrogens (primary N) is 1. The van der Waals surface area contributed by atoms with E-state index in [1.807, 2.05) is 52.2 Å². The molecule has 0 aliphatic carbocycles. The quantitative estimate of drug-likeness (QED) is 0.451. The van der Waals surface area contributed by atoms with E-state index in [0.29, 0.717) is 31.0 Å². The van der Waals surface area contributed by atoms with Gasteiger partial charge in [0.15, 0.2) is 0 Å². The summed E-state index contributed by atoms with van der Waals surface area (Å²) in [5.74, 6) is 0.420. The molecule has 5 aromatic rings. The molecule has 0 spiro atoms. The number of nitrogen functional groups attached to an aromatic ring is 1. The summed E-state index contributed by atoms with van der Waals surface area (Å²) in [6.07, 6.45) is 6.39. The van der Waals surface area contributed by atoms with Crippen LogP contribution in [0.25, 0.3) is 11.2 Å². The number of hydrogen-bond donors (Lipinski definition) is 2. The van der Waals surface area contributed by atoms with Crippen molar-refractivity contribution < 1.29 is 0 Å². The zero-order valence-corrected chi connectivity index (χ0v) is 15.5. The number of nitrogens with one attached hydrogen (secondary N) is 1. The Kier molecular flexibility index (Phi) is 4.20. The normalized spacial score (nSPS) is 11.3. The van der Waals surface area contributed by atoms with Crippen molar-refractivity contribution in [2.45, 2.75) is 19.5 Å². The topological polar surface area (TPSA) is 129 Å². The lowest BCUT2D eigenvalue weighted by Crippen LogP contribution is -2.01. The van der Waals surface area contributed by atoms with Crippen LogP contribution in [0.1, 0.15) is 22.4 Å². The van der Waals surface area contributed by atoms with E-state index in [2.05, 4.69) is 47.9 Å². The van der Waals surface area contributed by atoms with Crippen LogP contribution in [0.4, 0.5) is 5.82 Å². The molecule has 0 amide bonds. The summed E-state index contributed by atoms with van der Waals surface area (Å²) < 4.78 is 3.67. The molecule has 5 rings (SSSR count). The Morgan fingerprint density at radius 2 is 1.86 bits per heavy atom. The van der Waals surface area contributed by atoms with Gasteiger partial charge in [0, 0.05) is 12.6 Å². The van der Waals surface area contributed by atoms with Gasteiger partial charge in [-0.3, -0.25) is 4.68 Å². The third-order valence-corrected chi connectivity index (χ3v) is 4.57. The number of rotatable bonds is 6. The second kappa shape index (κ2) is 7.15. The predicted octanol–water partition coefficient (Wildman–Crippen LogP) is 1.41. The van der Waals surface area contributed by atoms with Gasteiger partial charge in [0.05, 0.1) is 25.5 Å². The van der Waals surface area contributed by atoms with Gasteiger partial charge in [-0.15, -0.1) is 10.2 Å². The monoisotopic (exact) mass is 386 g/mol. The molecule has 0 radical (unpaired) electrons. The fourth-order valence-electron chi connectivity index (χ4n) is 3.28. The zero-order valence-electron chi connectivity index (χ0n) is 15.5. The minimum atomic E-state index is 0.420. The molecule has 0 aliphatic rings. The van der Waals surface area contributed by atoms with Crippen LogP contribution in [-0.2, 0) is 19.5 Å². The first kappa shape index (κ1) is 17.0. The lowest BCUT2D eigenvalue weighted by atomic mass is 10.1. The number of fused-ring (bicyclic) bond motifs is 1. The third kappa shape index (κ3) is 3.68. The molecule has 144 valence electrons. The summed E-state index contributed by atoms with van der Waals surface area (Å²) in [6.45, 7) is 1.24. The molecule has 10 heteroatoms. The highest BCUT2D eigenvalue weighted by Gasteiger charge is 2.11. The first-order valence-corrected chi connectivity index (χ1v) is 9.13. The molecule has 0 atom stereocenters. The SMILES string of the molecule is Nc1cc(Cc2cnn(Cc3cn(Cc4ccccc4)nn3)c2)c2n[nH]nc2n1. The molecule has 0 saturated carbocycles. The number of aromatic amines is 1. The van der Waals surface area contributed by atoms with E-state index in [1.54, 1.807) is 0 Å². The highest BCUT2D eigenvalue weighted by Crippen LogP contribution is 2.19. The summed E-state index contributed by atoms with van der Waals surface area (Å²) in [5.41, 5.74) is 11.1. The number of hydrogen-bond acceptors (Lipinski definition) is 7. The molecule has 0 unspecified atom stereocenters. The fourth-order valence-corrected chi connectivity index (χ4v) is 3.28. The Balaban J connectivity index is 1.29. The lowest BCUT2D eigenvalue weighted by molar-refractivity contribution is 0.645. The summed E-state index contributed by atoms with van der Waals surface area (Å²) in [5, 5.41) is 23.7. The van der Waals surface area contributed by atoms with Crippen LogP contribution in [0.15, 0.2) is 55.0 Å². The Morgan fingerprint density at radius 1 is 0.966 bits per heavy atom. The highest BCUT2D eigenvalue weighted by molar-refractivity contribution is 5.76. The van der Waals surface area contributed by atoms with Gasteiger partial charge in [-0.2, -0.15) is 15.4 Å². The van der Waals surface area contributed by atoms with E-state index in [1.165, 1.54) is 5.56 Å². The van der Waals surface area contributed by atoms with Crippen molar-refractivity contribution in [3.63, 3.8) is 0 Å². The first-order chi connectivity index (χ1) is 14.2. The minimum absolute atomic E-state index is 0.420. The molecule has 29 heavy (non-hydrogen) atoms. The molecule has 4 heterocycles. The van der Waals surface area contributed by atoms with Crippen LogP contribution in [-0.4, -0.2) is 45.2 Å². The molecule has 3 N–H and O–H groups in total. The molecule has 0 aliphatic heterocycles. The van der Waals surface area contributed by atoms with Crippen LogP contribution in [0.2, 0.25) is 0 Å². The fraction of sp³-hybridized carbons (Fsp3) is 0.158. The smallest absolute Gasteiger partial charge is 0.203 e. The summed E-state index contributed by atoms with van der Waals surface area (Å²) in [6, 6.07) is 12.0. The maximum absolute atomic E-state index is 5.87. The lowest BCUT2D eigenvalue weighted by Gasteiger charge is -2.01. The molecule has 0 saturated heterocycles. The van der Waals surface area contributed by atoms with Gasteiger partial charge in [-0.25, -0.2) is 9.67 Å². The van der Waals surface area contributed by atoms with Gasteiger partial charge < -0.3 is 5.73 Å². The van der Waals surface area contributed by atoms with Crippen LogP contribution >= 0.6 is 0 Å². The highest BCUT2D eigenvalue weighted by atomic mass is 15.4. The van der Waals surface area contributed by atoms with E-state index in [0.717, 1.165) is 22.3 Å². The van der Waals surface area contributed by atoms with E-state index in [4.69, 9.17) is 5.73 Å². The summed E-state index contributed by atoms with van der Waals surface area (Å²) in [7, 11) is 0. The average Bonchev–Trinajstić information content (AvgIpc) is 3.45. The molecular formula is C19H18N10. The van der Waals surface area contributed by atoms with Gasteiger partial charge in [0.25, 0.3) is 0 Å². The number of benzene rings is 1. The Labute approximate surface area is 165 Å². The van der Waals surface area contributed by atoms with Crippen LogP contribution < -0.4 is 5.73 Å². The van der Waals surface area contributed by atoms with Gasteiger partial charge in [0.1, 0.15) is 17.0 Å². The number of nitrogens with zero attached hydrogens (tertiary/aromatic N) is 8. The standard InChI is InChI=1S/C19H18N10/c20-17-7-15(18-19(22-17)25-26-24-18)6-14-8-21-28(10-14)11-16-12-29(27-23-16)9-13-4-2-1-3-5-13/h1-5,7-8,10,12H,6,9,11H2,(H3,20,22,24,25,26). The van der Waals surface area contributed by atoms with Crippen molar-refractivity contribution >= 4 is 17.0 Å². The Morgan fingerprint density at radius 3 is 2.76 bits per heavy atom. The third-order valence-electron chi connectivity index (χ3n) is 4.57. The van der Waals surface area contributed by atoms with Gasteiger partial charge in [0.2, 0.25) is 5.65 Å². The maximum atomic E-state index is 5.87. The Hall–Kier alpha value is -4.08. The van der Waals surface area contributed by atoms with Gasteiger partial charge in [-0.1, -0.05) is 35.5 Å². The van der Waals surface area contributed by atoms with Crippen molar-refractivity contribution in [2.24, 2.45) is 0 Å². The van der Waals surface area contributed by atoms with Crippen molar-refractivity contribution in [1.29, 1.82) is 0 Å². The molecule has 0 bridgehead atoms. The van der Waals surface area contributed by atoms with Crippen LogP contribution in [0.5, 0.6) is 0 Å². The summed E-state index contributed by atoms with van der Waals surface area (Å²) >= 11 is 0. The van der Waals surface area contributed by atoms with E-state index < -0.39 is 0 Å². The van der Waals surface area contributed by atoms with Gasteiger partial charge in [-0.05, 0) is 22.8 Å². The van der Waals surface area contributed by atoms with E-state index in [9.17, 15) is 0 Å². The maximum Gasteiger partial charge on any atom is 0.203 e. The van der Waals surface area contributed by atoms with Crippen LogP contribution in [0, 0.1) is 0 Å². The van der Waals surface area contributed by atoms with Crippen molar-refractivity contribution in [3.05, 3.63) is 77.4 Å². The molecule has 4 aromatic heterocycles. The molecular weight excluding hydrogens is 368 g/mol. The second-order valence-electron chi connectivity index (χ2n) is 6.82. The second-order valence-corrected chi connectivity index (χ2v) is 6.82. The van der Waals surface area contributed by atoms with E-state index in [-0.39, 0.29) is 0 Å². The Bertz CT molecular complexity index is 1250. The molecule has 10 nitrogen and oxygen atoms in total. The number of aromatic nitrogens is 9. The minimum Gasteiger partial charge on any atom is -0.384 e. The zero-order chi connectivity index (χ0) is 19.6. The number of pyridine rings is 1. The van der Waals surface area contributed by atoms with Crippen LogP contribution in [0.3, 0.4) is 0 Å². The summed E-state index contributed by atoms with van der Waals surface area (Å²) in [4.78, 5) is 4.17. The van der Waals surface area contributed by atoms with Gasteiger partial charge >= 0.3 is 0 Å². The predicted molar refractivity (Wildman–Crippen MR) is 106 cm³/mol. The van der Waals surface area contributed by atoms with E-state index >= 15 is 0 Å². The molecule has 1 aromatic carbocycles. The largest absolute Gasteiger partial charge is 0.384 e. The first-order valence-electron chi connectivity index (χ1n) is 9.13. The number of H-pyrrole nitrogens is 1. The molecule has 0 fully saturated rings. The van der Waals surface area contributed by atoms with Crippen molar-refractivity contribution in [3.8, 4) is 0 Å². The average molecular weight is 386 g/mol. The number of anilines is 1. The van der Waals surface area contributed by atoms with Crippen molar-refractivity contribution in [1.82, 2.24) is 45.2 Å². The van der Waals surface area contributed by atoms with Crippen molar-refractivity contribution in [2.75, 3.05) is 5.73 Å².